The van der Waals surface area contributed by atoms with Gasteiger partial charge < -0.3 is 20.3 Å². The molecule has 10 nitrogen and oxygen atoms in total. The van der Waals surface area contributed by atoms with Crippen molar-refractivity contribution in [3.8, 4) is 5.75 Å². The first-order valence-electron chi connectivity index (χ1n) is 12.2. The molecule has 0 saturated carbocycles. The number of nitrogens with one attached hydrogen (secondary N) is 2. The van der Waals surface area contributed by atoms with Crippen LogP contribution < -0.4 is 20.3 Å². The first-order chi connectivity index (χ1) is 17.4. The predicted molar refractivity (Wildman–Crippen MR) is 142 cm³/mol. The van der Waals surface area contributed by atoms with Gasteiger partial charge in [-0.3, -0.25) is 9.59 Å². The smallest absolute Gasteiger partial charge is 0.227 e. The van der Waals surface area contributed by atoms with Gasteiger partial charge in [0.2, 0.25) is 11.8 Å². The molecule has 2 N–H and O–H groups in total. The van der Waals surface area contributed by atoms with Gasteiger partial charge in [-0.1, -0.05) is 24.8 Å². The van der Waals surface area contributed by atoms with Crippen LogP contribution in [-0.4, -0.2) is 63.6 Å². The summed E-state index contributed by atoms with van der Waals surface area (Å²) in [6.45, 7) is 7.45. The second-order valence-electron chi connectivity index (χ2n) is 9.01. The average Bonchev–Trinajstić information content (AvgIpc) is 3.46. The highest BCUT2D eigenvalue weighted by Gasteiger charge is 2.35. The van der Waals surface area contributed by atoms with Crippen molar-refractivity contribution in [3.05, 3.63) is 30.5 Å². The highest BCUT2D eigenvalue weighted by atomic mass is 32.2. The van der Waals surface area contributed by atoms with Crippen LogP contribution >= 0.6 is 11.8 Å². The van der Waals surface area contributed by atoms with E-state index in [0.717, 1.165) is 34.7 Å². The van der Waals surface area contributed by atoms with Crippen molar-refractivity contribution in [1.82, 2.24) is 25.1 Å². The summed E-state index contributed by atoms with van der Waals surface area (Å²) in [7, 11) is 1.59. The van der Waals surface area contributed by atoms with Crippen molar-refractivity contribution in [3.63, 3.8) is 0 Å². The Kier molecular flexibility index (Phi) is 8.29. The van der Waals surface area contributed by atoms with Crippen LogP contribution in [0.15, 0.2) is 35.6 Å². The minimum absolute atomic E-state index is 0.0690. The summed E-state index contributed by atoms with van der Waals surface area (Å²) in [5, 5.41) is 12.4. The van der Waals surface area contributed by atoms with E-state index >= 15 is 0 Å². The number of fused-ring (bicyclic) bond motifs is 1. The first-order valence-corrected chi connectivity index (χ1v) is 13.2. The third-order valence-electron chi connectivity index (χ3n) is 5.82. The largest absolute Gasteiger partial charge is 0.497 e. The summed E-state index contributed by atoms with van der Waals surface area (Å²) >= 11 is 1.62. The van der Waals surface area contributed by atoms with Crippen LogP contribution in [0, 0.1) is 5.92 Å². The number of aromatic nitrogens is 4. The lowest BCUT2D eigenvalue weighted by Gasteiger charge is -2.17. The highest BCUT2D eigenvalue weighted by Crippen LogP contribution is 2.28. The number of amides is 2. The number of hydrogen-bond donors (Lipinski definition) is 2. The number of ether oxygens (including phenoxy) is 1. The van der Waals surface area contributed by atoms with E-state index in [0.29, 0.717) is 30.5 Å². The molecule has 1 aromatic carbocycles. The van der Waals surface area contributed by atoms with E-state index in [4.69, 9.17) is 9.72 Å². The molecule has 0 spiro atoms. The predicted octanol–water partition coefficient (Wildman–Crippen LogP) is 3.33. The van der Waals surface area contributed by atoms with Gasteiger partial charge in [0.1, 0.15) is 11.6 Å². The molecule has 3 heterocycles. The van der Waals surface area contributed by atoms with Crippen molar-refractivity contribution >= 4 is 46.1 Å². The first kappa shape index (κ1) is 25.7. The fraction of sp³-hybridized carbons (Fsp3) is 0.480. The standard InChI is InChI=1S/C25H33N7O3S/c1-5-11-36-25-29-22(28-16(2)3)20-14-27-32(23(20)30-25)10-9-26-24(34)17-12-21(33)31(15-17)18-7-6-8-19(13-18)35-4/h6-8,13-14,16-17H,5,9-12,15H2,1-4H3,(H,26,34)(H,28,29,30). The van der Waals surface area contributed by atoms with Gasteiger partial charge in [-0.2, -0.15) is 5.10 Å². The second-order valence-corrected chi connectivity index (χ2v) is 10.1. The fourth-order valence-corrected chi connectivity index (χ4v) is 4.77. The van der Waals surface area contributed by atoms with Gasteiger partial charge in [-0.25, -0.2) is 14.6 Å². The van der Waals surface area contributed by atoms with Crippen LogP contribution in [0.2, 0.25) is 0 Å². The fourth-order valence-electron chi connectivity index (χ4n) is 4.08. The maximum Gasteiger partial charge on any atom is 0.227 e. The van der Waals surface area contributed by atoms with Crippen LogP contribution in [-0.2, 0) is 16.1 Å². The number of methoxy groups -OCH3 is 1. The Morgan fingerprint density at radius 3 is 2.89 bits per heavy atom. The molecule has 1 unspecified atom stereocenters. The second kappa shape index (κ2) is 11.6. The lowest BCUT2D eigenvalue weighted by molar-refractivity contribution is -0.126. The summed E-state index contributed by atoms with van der Waals surface area (Å²) < 4.78 is 7.05. The van der Waals surface area contributed by atoms with Gasteiger partial charge in [0, 0.05) is 43.1 Å². The lowest BCUT2D eigenvalue weighted by Crippen LogP contribution is -2.35. The van der Waals surface area contributed by atoms with Gasteiger partial charge in [0.25, 0.3) is 0 Å². The molecular formula is C25H33N7O3S. The summed E-state index contributed by atoms with van der Waals surface area (Å²) in [5.41, 5.74) is 1.47. The Morgan fingerprint density at radius 2 is 2.14 bits per heavy atom. The molecule has 0 bridgehead atoms. The number of nitrogens with zero attached hydrogens (tertiary/aromatic N) is 5. The SMILES string of the molecule is CCCSc1nc(NC(C)C)c2cnn(CCNC(=O)C3CC(=O)N(c4cccc(OC)c4)C3)c2n1. The molecule has 1 fully saturated rings. The van der Waals surface area contributed by atoms with Crippen LogP contribution in [0.1, 0.15) is 33.6 Å². The van der Waals surface area contributed by atoms with Gasteiger partial charge in [0.05, 0.1) is 31.2 Å². The van der Waals surface area contributed by atoms with Crippen molar-refractivity contribution < 1.29 is 14.3 Å². The topological polar surface area (TPSA) is 114 Å². The van der Waals surface area contributed by atoms with Gasteiger partial charge >= 0.3 is 0 Å². The highest BCUT2D eigenvalue weighted by molar-refractivity contribution is 7.99. The van der Waals surface area contributed by atoms with E-state index in [1.165, 1.54) is 0 Å². The molecule has 1 atom stereocenters. The summed E-state index contributed by atoms with van der Waals surface area (Å²) in [6, 6.07) is 7.53. The summed E-state index contributed by atoms with van der Waals surface area (Å²) in [6.07, 6.45) is 2.98. The molecule has 0 aliphatic carbocycles. The number of benzene rings is 1. The molecular weight excluding hydrogens is 478 g/mol. The van der Waals surface area contributed by atoms with Crippen molar-refractivity contribution in [1.29, 1.82) is 0 Å². The molecule has 11 heteroatoms. The van der Waals surface area contributed by atoms with Gasteiger partial charge in [0.15, 0.2) is 10.8 Å². The lowest BCUT2D eigenvalue weighted by atomic mass is 10.1. The number of carbonyl (C=O) groups is 2. The Hall–Kier alpha value is -3.34. The summed E-state index contributed by atoms with van der Waals surface area (Å²) in [5.74, 6) is 1.77. The average molecular weight is 512 g/mol. The molecule has 2 aromatic heterocycles. The van der Waals surface area contributed by atoms with Crippen LogP contribution in [0.25, 0.3) is 11.0 Å². The van der Waals surface area contributed by atoms with E-state index < -0.39 is 5.92 Å². The molecule has 1 aliphatic heterocycles. The zero-order chi connectivity index (χ0) is 25.7. The van der Waals surface area contributed by atoms with Crippen LogP contribution in [0.4, 0.5) is 11.5 Å². The normalized spacial score (nSPS) is 15.6. The Balaban J connectivity index is 1.40. The molecule has 4 rings (SSSR count). The molecule has 1 saturated heterocycles. The minimum atomic E-state index is -0.403. The number of hydrogen-bond acceptors (Lipinski definition) is 8. The quantitative estimate of drug-likeness (QED) is 0.298. The molecule has 2 amide bonds. The van der Waals surface area contributed by atoms with Crippen LogP contribution in [0.3, 0.4) is 0 Å². The monoisotopic (exact) mass is 511 g/mol. The number of thioether (sulfide) groups is 1. The maximum absolute atomic E-state index is 12.8. The zero-order valence-electron chi connectivity index (χ0n) is 21.2. The molecule has 3 aromatic rings. The van der Waals surface area contributed by atoms with Crippen molar-refractivity contribution in [2.75, 3.05) is 36.2 Å². The number of anilines is 2. The molecule has 36 heavy (non-hydrogen) atoms. The Labute approximate surface area is 215 Å². The molecule has 1 aliphatic rings. The van der Waals surface area contributed by atoms with E-state index in [1.807, 2.05) is 18.2 Å². The zero-order valence-corrected chi connectivity index (χ0v) is 22.0. The molecule has 192 valence electrons. The van der Waals surface area contributed by atoms with Gasteiger partial charge in [-0.15, -0.1) is 0 Å². The third kappa shape index (κ3) is 5.89. The van der Waals surface area contributed by atoms with E-state index in [1.54, 1.807) is 40.7 Å². The Bertz CT molecular complexity index is 1230. The number of rotatable bonds is 11. The van der Waals surface area contributed by atoms with E-state index in [2.05, 4.69) is 41.5 Å². The van der Waals surface area contributed by atoms with Crippen molar-refractivity contribution in [2.24, 2.45) is 5.92 Å². The Morgan fingerprint density at radius 1 is 1.31 bits per heavy atom. The van der Waals surface area contributed by atoms with E-state index in [-0.39, 0.29) is 24.3 Å². The molecule has 0 radical (unpaired) electrons. The third-order valence-corrected chi connectivity index (χ3v) is 6.87. The van der Waals surface area contributed by atoms with Crippen LogP contribution in [0.5, 0.6) is 5.75 Å². The minimum Gasteiger partial charge on any atom is -0.497 e. The van der Waals surface area contributed by atoms with Gasteiger partial charge in [-0.05, 0) is 32.4 Å². The number of carbonyl (C=O) groups excluding carboxylic acids is 2. The van der Waals surface area contributed by atoms with E-state index in [9.17, 15) is 9.59 Å². The van der Waals surface area contributed by atoms with Crippen molar-refractivity contribution in [2.45, 2.75) is 51.4 Å². The maximum atomic E-state index is 12.8. The summed E-state index contributed by atoms with van der Waals surface area (Å²) in [4.78, 5) is 36.5.